The van der Waals surface area contributed by atoms with Crippen molar-refractivity contribution in [1.29, 1.82) is 0 Å². The van der Waals surface area contributed by atoms with E-state index in [0.29, 0.717) is 18.3 Å². The predicted octanol–water partition coefficient (Wildman–Crippen LogP) is 0.648. The van der Waals surface area contributed by atoms with Crippen molar-refractivity contribution in [1.82, 2.24) is 25.3 Å². The van der Waals surface area contributed by atoms with E-state index in [1.165, 1.54) is 0 Å². The molecule has 1 aromatic rings. The first-order valence-corrected chi connectivity index (χ1v) is 8.93. The molecule has 2 N–H and O–H groups in total. The van der Waals surface area contributed by atoms with Gasteiger partial charge in [0.2, 0.25) is 0 Å². The maximum atomic E-state index is 12.3. The van der Waals surface area contributed by atoms with Crippen LogP contribution in [0.4, 0.5) is 0 Å². The number of piperidine rings is 1. The van der Waals surface area contributed by atoms with Crippen LogP contribution in [0.3, 0.4) is 0 Å². The van der Waals surface area contributed by atoms with E-state index in [4.69, 9.17) is 4.74 Å². The van der Waals surface area contributed by atoms with Crippen LogP contribution in [0.15, 0.2) is 12.3 Å². The van der Waals surface area contributed by atoms with Crippen LogP contribution in [0.25, 0.3) is 0 Å². The van der Waals surface area contributed by atoms with Crippen molar-refractivity contribution >= 4 is 5.91 Å². The molecule has 0 spiro atoms. The van der Waals surface area contributed by atoms with Crippen LogP contribution < -0.4 is 10.6 Å². The molecule has 1 aromatic heterocycles. The maximum absolute atomic E-state index is 12.3. The molecular weight excluding hydrogens is 306 g/mol. The first-order valence-electron chi connectivity index (χ1n) is 8.93. The molecular formula is C17H29N5O2. The second-order valence-corrected chi connectivity index (χ2v) is 7.29. The van der Waals surface area contributed by atoms with Crippen LogP contribution in [-0.2, 0) is 4.74 Å². The van der Waals surface area contributed by atoms with E-state index in [2.05, 4.69) is 34.5 Å². The third-order valence-corrected chi connectivity index (χ3v) is 4.97. The van der Waals surface area contributed by atoms with Gasteiger partial charge in [-0.3, -0.25) is 14.4 Å². The summed E-state index contributed by atoms with van der Waals surface area (Å²) in [6.07, 6.45) is 4.18. The Labute approximate surface area is 143 Å². The Morgan fingerprint density at radius 3 is 3.17 bits per heavy atom. The number of carbonyl (C=O) groups excluding carboxylic acids is 1. The van der Waals surface area contributed by atoms with Crippen molar-refractivity contribution in [2.24, 2.45) is 0 Å². The van der Waals surface area contributed by atoms with Crippen molar-refractivity contribution < 1.29 is 9.53 Å². The Bertz CT molecular complexity index is 551. The summed E-state index contributed by atoms with van der Waals surface area (Å²) in [6, 6.07) is 2.16. The molecule has 1 unspecified atom stereocenters. The fourth-order valence-electron chi connectivity index (χ4n) is 3.42. The van der Waals surface area contributed by atoms with E-state index >= 15 is 0 Å². The van der Waals surface area contributed by atoms with Crippen LogP contribution in [0.5, 0.6) is 0 Å². The van der Waals surface area contributed by atoms with Gasteiger partial charge in [-0.1, -0.05) is 0 Å². The number of morpholine rings is 1. The Morgan fingerprint density at radius 1 is 1.54 bits per heavy atom. The average Bonchev–Trinajstić information content (AvgIpc) is 3.07. The molecule has 7 nitrogen and oxygen atoms in total. The van der Waals surface area contributed by atoms with E-state index in [9.17, 15) is 4.79 Å². The lowest BCUT2D eigenvalue weighted by atomic mass is 10.0. The summed E-state index contributed by atoms with van der Waals surface area (Å²) in [5.41, 5.74) is 0.528. The minimum atomic E-state index is -0.0939. The van der Waals surface area contributed by atoms with E-state index < -0.39 is 0 Å². The highest BCUT2D eigenvalue weighted by Gasteiger charge is 2.30. The molecule has 2 saturated heterocycles. The van der Waals surface area contributed by atoms with Crippen LogP contribution in [-0.4, -0.2) is 72.1 Å². The summed E-state index contributed by atoms with van der Waals surface area (Å²) in [5.74, 6) is -0.0939. The average molecular weight is 335 g/mol. The van der Waals surface area contributed by atoms with Crippen molar-refractivity contribution in [2.75, 3.05) is 45.9 Å². The van der Waals surface area contributed by atoms with Gasteiger partial charge in [0.1, 0.15) is 5.69 Å². The number of nitrogens with zero attached hydrogens (tertiary/aromatic N) is 3. The second kappa shape index (κ2) is 7.63. The SMILES string of the molecule is CC1(C)COCCN1CCNC(=O)c1ccn(C2CCCNC2)n1. The topological polar surface area (TPSA) is 71.4 Å². The molecule has 0 bridgehead atoms. The van der Waals surface area contributed by atoms with Crippen LogP contribution in [0.2, 0.25) is 0 Å². The zero-order chi connectivity index (χ0) is 17.0. The first-order chi connectivity index (χ1) is 11.6. The fourth-order valence-corrected chi connectivity index (χ4v) is 3.42. The number of hydrogen-bond donors (Lipinski definition) is 2. The van der Waals surface area contributed by atoms with Gasteiger partial charge in [-0.2, -0.15) is 5.10 Å². The highest BCUT2D eigenvalue weighted by atomic mass is 16.5. The number of amides is 1. The molecule has 2 fully saturated rings. The summed E-state index contributed by atoms with van der Waals surface area (Å²) in [4.78, 5) is 14.7. The molecule has 3 heterocycles. The lowest BCUT2D eigenvalue weighted by molar-refractivity contribution is -0.0498. The van der Waals surface area contributed by atoms with Crippen molar-refractivity contribution in [3.63, 3.8) is 0 Å². The quantitative estimate of drug-likeness (QED) is 0.827. The Hall–Kier alpha value is -1.44. The lowest BCUT2D eigenvalue weighted by Crippen LogP contribution is -2.54. The molecule has 1 amide bonds. The van der Waals surface area contributed by atoms with Gasteiger partial charge in [0.05, 0.1) is 19.3 Å². The van der Waals surface area contributed by atoms with Crippen LogP contribution in [0.1, 0.15) is 43.2 Å². The Kier molecular flexibility index (Phi) is 5.53. The zero-order valence-electron chi connectivity index (χ0n) is 14.8. The van der Waals surface area contributed by atoms with Gasteiger partial charge in [0.25, 0.3) is 5.91 Å². The van der Waals surface area contributed by atoms with E-state index in [1.54, 1.807) is 0 Å². The van der Waals surface area contributed by atoms with Gasteiger partial charge in [-0.05, 0) is 39.3 Å². The Morgan fingerprint density at radius 2 is 2.42 bits per heavy atom. The molecule has 3 rings (SSSR count). The molecule has 1 atom stereocenters. The van der Waals surface area contributed by atoms with E-state index in [-0.39, 0.29) is 11.4 Å². The summed E-state index contributed by atoms with van der Waals surface area (Å²) < 4.78 is 7.45. The standard InChI is InChI=1S/C17H29N5O2/c1-17(2)13-24-11-10-21(17)9-7-19-16(23)15-5-8-22(20-15)14-4-3-6-18-12-14/h5,8,14,18H,3-4,6-7,9-13H2,1-2H3,(H,19,23). The normalized spacial score (nSPS) is 24.7. The highest BCUT2D eigenvalue weighted by Crippen LogP contribution is 2.18. The molecule has 2 aliphatic rings. The van der Waals surface area contributed by atoms with Crippen molar-refractivity contribution in [3.05, 3.63) is 18.0 Å². The third kappa shape index (κ3) is 4.15. The molecule has 0 aromatic carbocycles. The smallest absolute Gasteiger partial charge is 0.271 e. The van der Waals surface area contributed by atoms with Gasteiger partial charge in [0.15, 0.2) is 0 Å². The number of carbonyl (C=O) groups is 1. The highest BCUT2D eigenvalue weighted by molar-refractivity contribution is 5.92. The number of hydrogen-bond acceptors (Lipinski definition) is 5. The number of rotatable bonds is 5. The predicted molar refractivity (Wildman–Crippen MR) is 92.2 cm³/mol. The third-order valence-electron chi connectivity index (χ3n) is 4.97. The maximum Gasteiger partial charge on any atom is 0.271 e. The summed E-state index contributed by atoms with van der Waals surface area (Å²) in [5, 5.41) is 10.8. The van der Waals surface area contributed by atoms with Gasteiger partial charge < -0.3 is 15.4 Å². The molecule has 0 radical (unpaired) electrons. The fraction of sp³-hybridized carbons (Fsp3) is 0.765. The lowest BCUT2D eigenvalue weighted by Gasteiger charge is -2.42. The molecule has 0 aliphatic carbocycles. The van der Waals surface area contributed by atoms with Gasteiger partial charge >= 0.3 is 0 Å². The second-order valence-electron chi connectivity index (χ2n) is 7.29. The van der Waals surface area contributed by atoms with Gasteiger partial charge in [-0.25, -0.2) is 0 Å². The summed E-state index contributed by atoms with van der Waals surface area (Å²) in [7, 11) is 0. The zero-order valence-corrected chi connectivity index (χ0v) is 14.8. The summed E-state index contributed by atoms with van der Waals surface area (Å²) >= 11 is 0. The minimum absolute atomic E-state index is 0.0263. The van der Waals surface area contributed by atoms with Crippen molar-refractivity contribution in [2.45, 2.75) is 38.3 Å². The van der Waals surface area contributed by atoms with Gasteiger partial charge in [-0.15, -0.1) is 0 Å². The molecule has 2 aliphatic heterocycles. The number of ether oxygens (including phenoxy) is 1. The van der Waals surface area contributed by atoms with Gasteiger partial charge in [0, 0.05) is 37.9 Å². The van der Waals surface area contributed by atoms with Crippen LogP contribution >= 0.6 is 0 Å². The molecule has 0 saturated carbocycles. The monoisotopic (exact) mass is 335 g/mol. The minimum Gasteiger partial charge on any atom is -0.378 e. The van der Waals surface area contributed by atoms with Crippen molar-refractivity contribution in [3.8, 4) is 0 Å². The Balaban J connectivity index is 1.47. The largest absolute Gasteiger partial charge is 0.378 e. The van der Waals surface area contributed by atoms with E-state index in [1.807, 2.05) is 16.9 Å². The number of nitrogens with one attached hydrogen (secondary N) is 2. The number of aromatic nitrogens is 2. The molecule has 134 valence electrons. The molecule has 24 heavy (non-hydrogen) atoms. The molecule has 7 heteroatoms. The summed E-state index contributed by atoms with van der Waals surface area (Å²) in [6.45, 7) is 10.2. The first kappa shape index (κ1) is 17.4. The van der Waals surface area contributed by atoms with Crippen LogP contribution in [0, 0.1) is 0 Å². The van der Waals surface area contributed by atoms with E-state index in [0.717, 1.165) is 52.2 Å².